The van der Waals surface area contributed by atoms with Gasteiger partial charge in [0.05, 0.1) is 13.2 Å². The monoisotopic (exact) mass is 346 g/mol. The van der Waals surface area contributed by atoms with Crippen molar-refractivity contribution < 1.29 is 19.1 Å². The van der Waals surface area contributed by atoms with Crippen molar-refractivity contribution in [3.63, 3.8) is 0 Å². The second-order valence-electron chi connectivity index (χ2n) is 6.76. The molecule has 0 radical (unpaired) electrons. The topological polar surface area (TPSA) is 55.9 Å². The van der Waals surface area contributed by atoms with E-state index >= 15 is 0 Å². The second-order valence-corrected chi connectivity index (χ2v) is 6.76. The fourth-order valence-electron chi connectivity index (χ4n) is 3.13. The molecule has 138 valence electrons. The maximum atomic E-state index is 12.1. The summed E-state index contributed by atoms with van der Waals surface area (Å²) in [6.45, 7) is 2.21. The summed E-state index contributed by atoms with van der Waals surface area (Å²) >= 11 is 0. The maximum absolute atomic E-state index is 12.1. The molecule has 0 N–H and O–H groups in total. The number of carbonyl (C=O) groups excluding carboxylic acids is 2. The molecule has 4 heteroatoms. The highest BCUT2D eigenvalue weighted by Crippen LogP contribution is 2.33. The molecule has 1 heterocycles. The first-order valence-corrected chi connectivity index (χ1v) is 9.47. The van der Waals surface area contributed by atoms with Gasteiger partial charge in [-0.15, -0.1) is 0 Å². The van der Waals surface area contributed by atoms with Crippen LogP contribution in [0.3, 0.4) is 0 Å². The lowest BCUT2D eigenvalue weighted by Crippen LogP contribution is -2.05. The number of allylic oxidation sites excluding steroid dienone is 5. The second kappa shape index (κ2) is 10.3. The third-order valence-electron chi connectivity index (χ3n) is 4.76. The molecule has 1 fully saturated rings. The standard InChI is InChI=1S/C21H30O4/c1-3-4-5-6-7-8-10-16-13-14-18(22)17(16)15-20-19(25-20)11-9-12-21(23)24-2/h7-8,13-16,19-20H,3-6,9-12H2,1-2H3/b8-7-,17-15+/t16-,19+,20+/m0/s1. The van der Waals surface area contributed by atoms with Crippen LogP contribution in [-0.2, 0) is 19.1 Å². The molecular formula is C21H30O4. The summed E-state index contributed by atoms with van der Waals surface area (Å²) in [6, 6.07) is 0. The van der Waals surface area contributed by atoms with Crippen LogP contribution in [0.5, 0.6) is 0 Å². The molecule has 4 nitrogen and oxygen atoms in total. The van der Waals surface area contributed by atoms with Crippen LogP contribution in [0.4, 0.5) is 0 Å². The smallest absolute Gasteiger partial charge is 0.305 e. The van der Waals surface area contributed by atoms with Crippen molar-refractivity contribution >= 4 is 11.8 Å². The highest BCUT2D eigenvalue weighted by molar-refractivity contribution is 6.07. The van der Waals surface area contributed by atoms with E-state index in [1.165, 1.54) is 26.4 Å². The van der Waals surface area contributed by atoms with Crippen molar-refractivity contribution in [1.29, 1.82) is 0 Å². The number of unbranched alkanes of at least 4 members (excludes halogenated alkanes) is 3. The van der Waals surface area contributed by atoms with Crippen LogP contribution in [0.25, 0.3) is 0 Å². The number of hydrogen-bond donors (Lipinski definition) is 0. The number of carbonyl (C=O) groups is 2. The minimum atomic E-state index is -0.184. The van der Waals surface area contributed by atoms with Crippen molar-refractivity contribution in [2.75, 3.05) is 7.11 Å². The summed E-state index contributed by atoms with van der Waals surface area (Å²) in [5, 5.41) is 0. The summed E-state index contributed by atoms with van der Waals surface area (Å²) in [4.78, 5) is 23.2. The van der Waals surface area contributed by atoms with E-state index in [-0.39, 0.29) is 29.9 Å². The molecule has 1 saturated heterocycles. The average Bonchev–Trinajstić information content (AvgIpc) is 3.26. The summed E-state index contributed by atoms with van der Waals surface area (Å²) < 4.78 is 10.3. The summed E-state index contributed by atoms with van der Waals surface area (Å²) in [6.07, 6.45) is 18.0. The zero-order valence-electron chi connectivity index (χ0n) is 15.4. The van der Waals surface area contributed by atoms with Gasteiger partial charge in [0.25, 0.3) is 0 Å². The number of ketones is 1. The van der Waals surface area contributed by atoms with Gasteiger partial charge in [0.1, 0.15) is 6.10 Å². The minimum Gasteiger partial charge on any atom is -0.469 e. The Balaban J connectivity index is 1.74. The molecule has 0 bridgehead atoms. The van der Waals surface area contributed by atoms with E-state index in [0.717, 1.165) is 31.3 Å². The lowest BCUT2D eigenvalue weighted by molar-refractivity contribution is -0.140. The lowest BCUT2D eigenvalue weighted by atomic mass is 9.96. The predicted octanol–water partition coefficient (Wildman–Crippen LogP) is 4.31. The van der Waals surface area contributed by atoms with Gasteiger partial charge in [-0.3, -0.25) is 9.59 Å². The van der Waals surface area contributed by atoms with E-state index in [1.807, 2.05) is 12.2 Å². The normalized spacial score (nSPS) is 26.7. The number of hydrogen-bond acceptors (Lipinski definition) is 4. The lowest BCUT2D eigenvalue weighted by Gasteiger charge is -2.06. The first kappa shape index (κ1) is 19.6. The van der Waals surface area contributed by atoms with Gasteiger partial charge < -0.3 is 9.47 Å². The Morgan fingerprint density at radius 3 is 2.88 bits per heavy atom. The summed E-state index contributed by atoms with van der Waals surface area (Å²) in [7, 11) is 1.40. The molecule has 0 unspecified atom stereocenters. The van der Waals surface area contributed by atoms with E-state index in [2.05, 4.69) is 23.8 Å². The molecule has 0 aromatic rings. The average molecular weight is 346 g/mol. The summed E-state index contributed by atoms with van der Waals surface area (Å²) in [5.74, 6) is 0.0968. The maximum Gasteiger partial charge on any atom is 0.305 e. The van der Waals surface area contributed by atoms with Gasteiger partial charge in [-0.25, -0.2) is 0 Å². The molecule has 0 aromatic heterocycles. The SMILES string of the molecule is CCCCC/C=C\C[C@H]1C=CC(=O)/C1=C/[C@H]1O[C@@H]1CCCC(=O)OC. The zero-order chi connectivity index (χ0) is 18.1. The van der Waals surface area contributed by atoms with Crippen molar-refractivity contribution in [2.24, 2.45) is 5.92 Å². The molecule has 2 aliphatic rings. The Bertz CT molecular complexity index is 544. The van der Waals surface area contributed by atoms with E-state index in [0.29, 0.717) is 6.42 Å². The van der Waals surface area contributed by atoms with E-state index in [4.69, 9.17) is 4.74 Å². The Labute approximate surface area is 151 Å². The van der Waals surface area contributed by atoms with Crippen LogP contribution < -0.4 is 0 Å². The Morgan fingerprint density at radius 1 is 1.28 bits per heavy atom. The van der Waals surface area contributed by atoms with Gasteiger partial charge in [-0.05, 0) is 44.3 Å². The third kappa shape index (κ3) is 6.62. The first-order chi connectivity index (χ1) is 12.2. The molecule has 0 saturated carbocycles. The predicted molar refractivity (Wildman–Crippen MR) is 98.1 cm³/mol. The molecule has 25 heavy (non-hydrogen) atoms. The number of rotatable bonds is 11. The van der Waals surface area contributed by atoms with Crippen molar-refractivity contribution in [3.8, 4) is 0 Å². The first-order valence-electron chi connectivity index (χ1n) is 9.47. The van der Waals surface area contributed by atoms with Crippen LogP contribution in [0.2, 0.25) is 0 Å². The molecular weight excluding hydrogens is 316 g/mol. The van der Waals surface area contributed by atoms with Crippen molar-refractivity contribution in [1.82, 2.24) is 0 Å². The van der Waals surface area contributed by atoms with Crippen LogP contribution in [-0.4, -0.2) is 31.1 Å². The molecule has 2 rings (SSSR count). The molecule has 0 amide bonds. The number of esters is 1. The largest absolute Gasteiger partial charge is 0.469 e. The highest BCUT2D eigenvalue weighted by atomic mass is 16.6. The zero-order valence-corrected chi connectivity index (χ0v) is 15.4. The van der Waals surface area contributed by atoms with E-state index in [9.17, 15) is 9.59 Å². The van der Waals surface area contributed by atoms with E-state index in [1.54, 1.807) is 6.08 Å². The number of epoxide rings is 1. The van der Waals surface area contributed by atoms with Crippen molar-refractivity contribution in [2.45, 2.75) is 70.5 Å². The molecule has 3 atom stereocenters. The Morgan fingerprint density at radius 2 is 2.12 bits per heavy atom. The van der Waals surface area contributed by atoms with Crippen LogP contribution >= 0.6 is 0 Å². The van der Waals surface area contributed by atoms with Gasteiger partial charge in [-0.1, -0.05) is 38.0 Å². The highest BCUT2D eigenvalue weighted by Gasteiger charge is 2.38. The third-order valence-corrected chi connectivity index (χ3v) is 4.76. The van der Waals surface area contributed by atoms with Gasteiger partial charge in [-0.2, -0.15) is 0 Å². The van der Waals surface area contributed by atoms with Gasteiger partial charge in [0.2, 0.25) is 0 Å². The fraction of sp³-hybridized carbons (Fsp3) is 0.619. The fourth-order valence-corrected chi connectivity index (χ4v) is 3.13. The van der Waals surface area contributed by atoms with Gasteiger partial charge in [0, 0.05) is 17.9 Å². The van der Waals surface area contributed by atoms with Crippen LogP contribution in [0, 0.1) is 5.92 Å². The number of ether oxygens (including phenoxy) is 2. The molecule has 1 aliphatic carbocycles. The van der Waals surface area contributed by atoms with Gasteiger partial charge in [0.15, 0.2) is 5.78 Å². The molecule has 0 spiro atoms. The Kier molecular flexibility index (Phi) is 8.13. The Hall–Kier alpha value is -1.68. The molecule has 1 aliphatic heterocycles. The quantitative estimate of drug-likeness (QED) is 0.184. The minimum absolute atomic E-state index is 0.0209. The van der Waals surface area contributed by atoms with Crippen molar-refractivity contribution in [3.05, 3.63) is 36.0 Å². The van der Waals surface area contributed by atoms with Gasteiger partial charge >= 0.3 is 5.97 Å². The van der Waals surface area contributed by atoms with Crippen LogP contribution in [0.15, 0.2) is 36.0 Å². The summed E-state index contributed by atoms with van der Waals surface area (Å²) in [5.41, 5.74) is 0.860. The van der Waals surface area contributed by atoms with Crippen LogP contribution in [0.1, 0.15) is 58.3 Å². The van der Waals surface area contributed by atoms with E-state index < -0.39 is 0 Å². The number of methoxy groups -OCH3 is 1. The molecule has 0 aromatic carbocycles.